The van der Waals surface area contributed by atoms with Gasteiger partial charge in [0.1, 0.15) is 29.8 Å². The number of aliphatic hydroxyl groups is 2. The van der Waals surface area contributed by atoms with Gasteiger partial charge in [-0.2, -0.15) is 0 Å². The van der Waals surface area contributed by atoms with Gasteiger partial charge >= 0.3 is 0 Å². The van der Waals surface area contributed by atoms with E-state index in [-0.39, 0.29) is 11.5 Å². The molecule has 1 saturated heterocycles. The Morgan fingerprint density at radius 1 is 1.41 bits per heavy atom. The lowest BCUT2D eigenvalue weighted by Gasteiger charge is -2.39. The average Bonchev–Trinajstić information content (AvgIpc) is 2.67. The minimum atomic E-state index is -0.984. The highest BCUT2D eigenvalue weighted by Crippen LogP contribution is 2.37. The number of amidine groups is 1. The summed E-state index contributed by atoms with van der Waals surface area (Å²) in [4.78, 5) is 6.23. The highest BCUT2D eigenvalue weighted by Gasteiger charge is 2.49. The fourth-order valence-electron chi connectivity index (χ4n) is 2.03. The number of hydrogen-bond donors (Lipinski definition) is 3. The topological polar surface area (TPSA) is 91.3 Å². The third-order valence-electron chi connectivity index (χ3n) is 2.99. The van der Waals surface area contributed by atoms with Gasteiger partial charge in [-0.1, -0.05) is 11.8 Å². The lowest BCUT2D eigenvalue weighted by atomic mass is 9.95. The van der Waals surface area contributed by atoms with Crippen molar-refractivity contribution in [3.8, 4) is 0 Å². The van der Waals surface area contributed by atoms with E-state index in [1.807, 2.05) is 19.0 Å². The van der Waals surface area contributed by atoms with Gasteiger partial charge in [-0.3, -0.25) is 4.99 Å². The first kappa shape index (κ1) is 13.1. The Labute approximate surface area is 105 Å². The molecule has 0 amide bonds. The molecule has 0 spiro atoms. The summed E-state index contributed by atoms with van der Waals surface area (Å²) in [6.07, 6.45) is -2.45. The molecular formula is C10H19N3O3S. The van der Waals surface area contributed by atoms with Crippen molar-refractivity contribution in [3.05, 3.63) is 0 Å². The van der Waals surface area contributed by atoms with Crippen molar-refractivity contribution >= 4 is 16.9 Å². The van der Waals surface area contributed by atoms with Crippen molar-refractivity contribution < 1.29 is 14.9 Å². The van der Waals surface area contributed by atoms with Gasteiger partial charge in [0.05, 0.1) is 0 Å². The summed E-state index contributed by atoms with van der Waals surface area (Å²) >= 11 is 1.46. The Morgan fingerprint density at radius 3 is 2.59 bits per heavy atom. The fourth-order valence-corrected chi connectivity index (χ4v) is 3.17. The lowest BCUT2D eigenvalue weighted by Crippen LogP contribution is -2.59. The number of thioether (sulfide) groups is 1. The van der Waals surface area contributed by atoms with Crippen molar-refractivity contribution in [1.82, 2.24) is 4.90 Å². The molecule has 0 saturated carbocycles. The van der Waals surface area contributed by atoms with Gasteiger partial charge in [0, 0.05) is 20.1 Å². The molecule has 7 heteroatoms. The third-order valence-corrected chi connectivity index (χ3v) is 4.29. The van der Waals surface area contributed by atoms with E-state index in [9.17, 15) is 10.2 Å². The third kappa shape index (κ3) is 2.30. The molecule has 0 aromatic heterocycles. The molecule has 2 aliphatic heterocycles. The summed E-state index contributed by atoms with van der Waals surface area (Å²) in [5.74, 6) is 0. The van der Waals surface area contributed by atoms with Crippen LogP contribution < -0.4 is 5.73 Å². The van der Waals surface area contributed by atoms with Gasteiger partial charge in [-0.15, -0.1) is 0 Å². The number of ether oxygens (including phenoxy) is 1. The van der Waals surface area contributed by atoms with Crippen LogP contribution in [-0.4, -0.2) is 70.2 Å². The van der Waals surface area contributed by atoms with E-state index < -0.39 is 24.4 Å². The van der Waals surface area contributed by atoms with Crippen LogP contribution in [0.25, 0.3) is 0 Å². The Balaban J connectivity index is 2.15. The van der Waals surface area contributed by atoms with Crippen LogP contribution in [0.3, 0.4) is 0 Å². The van der Waals surface area contributed by atoms with E-state index in [1.165, 1.54) is 11.8 Å². The van der Waals surface area contributed by atoms with Crippen molar-refractivity contribution in [2.24, 2.45) is 10.7 Å². The second-order valence-corrected chi connectivity index (χ2v) is 5.79. The molecule has 0 unspecified atom stereocenters. The Hall–Kier alpha value is -0.340. The molecule has 1 fully saturated rings. The van der Waals surface area contributed by atoms with Gasteiger partial charge < -0.3 is 25.6 Å². The molecule has 2 aliphatic rings. The van der Waals surface area contributed by atoms with Crippen LogP contribution in [0.2, 0.25) is 0 Å². The molecule has 0 radical (unpaired) electrons. The predicted molar refractivity (Wildman–Crippen MR) is 66.8 cm³/mol. The molecule has 0 aliphatic carbocycles. The standard InChI is InChI=1S/C10H19N3O3S/c1-4(11)8-7(15)6(14)5-9(16-8)17-10(12-5)13(2)3/h4-9,14-15H,11H2,1-3H3/t4-,5-,6-,7+,8+,9-/m1/s1. The zero-order chi connectivity index (χ0) is 12.7. The van der Waals surface area contributed by atoms with E-state index in [0.29, 0.717) is 0 Å². The summed E-state index contributed by atoms with van der Waals surface area (Å²) in [5.41, 5.74) is 5.48. The highest BCUT2D eigenvalue weighted by atomic mass is 32.2. The van der Waals surface area contributed by atoms with Crippen LogP contribution in [0.4, 0.5) is 0 Å². The Bertz CT molecular complexity index is 324. The van der Waals surface area contributed by atoms with Gasteiger partial charge in [0.25, 0.3) is 0 Å². The van der Waals surface area contributed by atoms with E-state index in [1.54, 1.807) is 6.92 Å². The monoisotopic (exact) mass is 261 g/mol. The second kappa shape index (κ2) is 4.74. The Kier molecular flexibility index (Phi) is 3.65. The van der Waals surface area contributed by atoms with Gasteiger partial charge in [-0.25, -0.2) is 0 Å². The zero-order valence-corrected chi connectivity index (χ0v) is 11.0. The molecule has 2 rings (SSSR count). The highest BCUT2D eigenvalue weighted by molar-refractivity contribution is 8.14. The number of aliphatic imine (C=N–C) groups is 1. The second-order valence-electron chi connectivity index (χ2n) is 4.72. The largest absolute Gasteiger partial charge is 0.388 e. The van der Waals surface area contributed by atoms with E-state index in [2.05, 4.69) is 4.99 Å². The van der Waals surface area contributed by atoms with Crippen molar-refractivity contribution in [2.75, 3.05) is 14.1 Å². The van der Waals surface area contributed by atoms with Crippen molar-refractivity contribution in [2.45, 2.75) is 42.8 Å². The molecule has 0 bridgehead atoms. The molecule has 6 atom stereocenters. The lowest BCUT2D eigenvalue weighted by molar-refractivity contribution is -0.157. The maximum Gasteiger partial charge on any atom is 0.161 e. The van der Waals surface area contributed by atoms with Gasteiger partial charge in [0.2, 0.25) is 0 Å². The average molecular weight is 261 g/mol. The molecule has 98 valence electrons. The van der Waals surface area contributed by atoms with E-state index in [4.69, 9.17) is 10.5 Å². The number of nitrogens with two attached hydrogens (primary N) is 1. The van der Waals surface area contributed by atoms with Crippen LogP contribution >= 0.6 is 11.8 Å². The van der Waals surface area contributed by atoms with Crippen LogP contribution in [0.15, 0.2) is 4.99 Å². The fraction of sp³-hybridized carbons (Fsp3) is 0.900. The Morgan fingerprint density at radius 2 is 2.06 bits per heavy atom. The van der Waals surface area contributed by atoms with Crippen molar-refractivity contribution in [1.29, 1.82) is 0 Å². The first-order valence-electron chi connectivity index (χ1n) is 5.60. The first-order chi connectivity index (χ1) is 7.91. The SMILES string of the molecule is C[C@@H](N)[C@@H]1O[C@@H]2SC(N(C)C)=N[C@@H]2[C@@H](O)[C@@H]1O. The maximum absolute atomic E-state index is 10.0. The first-order valence-corrected chi connectivity index (χ1v) is 6.48. The maximum atomic E-state index is 10.0. The molecule has 6 nitrogen and oxygen atoms in total. The van der Waals surface area contributed by atoms with Crippen LogP contribution in [-0.2, 0) is 4.74 Å². The normalized spacial score (nSPS) is 42.9. The summed E-state index contributed by atoms with van der Waals surface area (Å²) in [6, 6.07) is -0.744. The van der Waals surface area contributed by atoms with Gasteiger partial charge in [-0.05, 0) is 6.92 Å². The molecule has 0 aromatic rings. The molecule has 4 N–H and O–H groups in total. The minimum absolute atomic E-state index is 0.262. The quantitative estimate of drug-likeness (QED) is 0.550. The smallest absolute Gasteiger partial charge is 0.161 e. The van der Waals surface area contributed by atoms with E-state index >= 15 is 0 Å². The molecule has 0 aromatic carbocycles. The van der Waals surface area contributed by atoms with Crippen LogP contribution in [0.5, 0.6) is 0 Å². The minimum Gasteiger partial charge on any atom is -0.388 e. The molecule has 2 heterocycles. The van der Waals surface area contributed by atoms with Crippen LogP contribution in [0.1, 0.15) is 6.92 Å². The molecule has 17 heavy (non-hydrogen) atoms. The summed E-state index contributed by atoms with van der Waals surface area (Å²) in [6.45, 7) is 1.76. The summed E-state index contributed by atoms with van der Waals surface area (Å²) in [7, 11) is 3.77. The van der Waals surface area contributed by atoms with Gasteiger partial charge in [0.15, 0.2) is 5.17 Å². The van der Waals surface area contributed by atoms with E-state index in [0.717, 1.165) is 5.17 Å². The number of rotatable bonds is 1. The number of aliphatic hydroxyl groups excluding tert-OH is 2. The number of fused-ring (bicyclic) bond motifs is 1. The zero-order valence-electron chi connectivity index (χ0n) is 10.1. The van der Waals surface area contributed by atoms with Crippen molar-refractivity contribution in [3.63, 3.8) is 0 Å². The summed E-state index contributed by atoms with van der Waals surface area (Å²) in [5, 5.41) is 20.8. The predicted octanol–water partition coefficient (Wildman–Crippen LogP) is -1.19. The summed E-state index contributed by atoms with van der Waals surface area (Å²) < 4.78 is 5.72. The number of nitrogens with zero attached hydrogens (tertiary/aromatic N) is 2. The van der Waals surface area contributed by atoms with Crippen LogP contribution in [0, 0.1) is 0 Å². The number of hydrogen-bond acceptors (Lipinski definition) is 7. The molecular weight excluding hydrogens is 242 g/mol.